The minimum atomic E-state index is -0.899. The molecule has 1 saturated heterocycles. The van der Waals surface area contributed by atoms with Crippen LogP contribution in [0.3, 0.4) is 0 Å². The van der Waals surface area contributed by atoms with Gasteiger partial charge in [-0.3, -0.25) is 4.90 Å². The van der Waals surface area contributed by atoms with Gasteiger partial charge < -0.3 is 14.4 Å². The van der Waals surface area contributed by atoms with Crippen LogP contribution in [0.1, 0.15) is 33.3 Å². The van der Waals surface area contributed by atoms with E-state index < -0.39 is 17.2 Å². The van der Waals surface area contributed by atoms with Crippen molar-refractivity contribution < 1.29 is 19.1 Å². The smallest absolute Gasteiger partial charge is 0.410 e. The first-order valence-corrected chi connectivity index (χ1v) is 8.52. The molecule has 1 aromatic carbocycles. The molecule has 0 bridgehead atoms. The molecule has 1 aliphatic heterocycles. The molecule has 1 aliphatic rings. The van der Waals surface area contributed by atoms with Crippen molar-refractivity contribution in [1.29, 1.82) is 0 Å². The third kappa shape index (κ3) is 4.95. The van der Waals surface area contributed by atoms with Crippen LogP contribution >= 0.6 is 0 Å². The summed E-state index contributed by atoms with van der Waals surface area (Å²) >= 11 is 0. The van der Waals surface area contributed by atoms with Crippen LogP contribution in [0.25, 0.3) is 0 Å². The van der Waals surface area contributed by atoms with Crippen LogP contribution in [0.5, 0.6) is 0 Å². The molecule has 0 radical (unpaired) electrons. The lowest BCUT2D eigenvalue weighted by Crippen LogP contribution is -2.64. The summed E-state index contributed by atoms with van der Waals surface area (Å²) in [5, 5.41) is 0. The molecular formula is C19H28N2O4. The van der Waals surface area contributed by atoms with Gasteiger partial charge in [-0.2, -0.15) is 0 Å². The number of likely N-dealkylation sites (N-methyl/N-ethyl adjacent to an activating group) is 1. The van der Waals surface area contributed by atoms with Crippen LogP contribution in [0.4, 0.5) is 4.79 Å². The standard InChI is InChI=1S/C19H28N2O4/c1-18(2,3)25-17(23)21-12-11-20(5)19(4,14-21)16(22)24-13-15-9-7-6-8-10-15/h6-10H,11-14H2,1-5H3. The van der Waals surface area contributed by atoms with E-state index in [2.05, 4.69) is 0 Å². The Kier molecular flexibility index (Phi) is 5.72. The number of hydrogen-bond acceptors (Lipinski definition) is 5. The Morgan fingerprint density at radius 1 is 1.16 bits per heavy atom. The second-order valence-electron chi connectivity index (χ2n) is 7.66. The molecule has 0 saturated carbocycles. The number of benzene rings is 1. The second-order valence-corrected chi connectivity index (χ2v) is 7.66. The highest BCUT2D eigenvalue weighted by Crippen LogP contribution is 2.24. The Balaban J connectivity index is 2.03. The Morgan fingerprint density at radius 2 is 1.80 bits per heavy atom. The number of hydrogen-bond donors (Lipinski definition) is 0. The predicted octanol–water partition coefficient (Wildman–Crippen LogP) is 2.67. The van der Waals surface area contributed by atoms with E-state index in [1.807, 2.05) is 63.1 Å². The molecule has 25 heavy (non-hydrogen) atoms. The highest BCUT2D eigenvalue weighted by atomic mass is 16.6. The Labute approximate surface area is 149 Å². The van der Waals surface area contributed by atoms with E-state index in [1.165, 1.54) is 0 Å². The first kappa shape index (κ1) is 19.2. The summed E-state index contributed by atoms with van der Waals surface area (Å²) in [6, 6.07) is 9.55. The molecule has 0 aromatic heterocycles. The summed E-state index contributed by atoms with van der Waals surface area (Å²) in [7, 11) is 1.87. The fourth-order valence-corrected chi connectivity index (χ4v) is 2.67. The Morgan fingerprint density at radius 3 is 2.40 bits per heavy atom. The lowest BCUT2D eigenvalue weighted by atomic mass is 9.97. The largest absolute Gasteiger partial charge is 0.459 e. The maximum Gasteiger partial charge on any atom is 0.410 e. The molecule has 2 rings (SSSR count). The van der Waals surface area contributed by atoms with Crippen molar-refractivity contribution >= 4 is 12.1 Å². The van der Waals surface area contributed by atoms with E-state index in [0.717, 1.165) is 5.56 Å². The summed E-state index contributed by atoms with van der Waals surface area (Å²) in [6.45, 7) is 8.85. The van der Waals surface area contributed by atoms with Crippen LogP contribution in [-0.4, -0.2) is 59.7 Å². The zero-order valence-corrected chi connectivity index (χ0v) is 15.7. The second kappa shape index (κ2) is 7.44. The molecule has 1 amide bonds. The van der Waals surface area contributed by atoms with Crippen molar-refractivity contribution in [3.05, 3.63) is 35.9 Å². The normalized spacial score (nSPS) is 21.7. The van der Waals surface area contributed by atoms with E-state index in [-0.39, 0.29) is 19.1 Å². The molecule has 0 spiro atoms. The number of amides is 1. The number of nitrogens with zero attached hydrogens (tertiary/aromatic N) is 2. The third-order valence-electron chi connectivity index (χ3n) is 4.35. The minimum absolute atomic E-state index is 0.218. The molecule has 1 fully saturated rings. The zero-order chi connectivity index (χ0) is 18.7. The maximum atomic E-state index is 12.7. The van der Waals surface area contributed by atoms with Gasteiger partial charge in [-0.15, -0.1) is 0 Å². The molecule has 1 aromatic rings. The molecule has 6 heteroatoms. The van der Waals surface area contributed by atoms with Crippen LogP contribution in [0.2, 0.25) is 0 Å². The lowest BCUT2D eigenvalue weighted by molar-refractivity contribution is -0.161. The number of ether oxygens (including phenoxy) is 2. The molecule has 138 valence electrons. The average molecular weight is 348 g/mol. The van der Waals surface area contributed by atoms with Crippen molar-refractivity contribution in [2.24, 2.45) is 0 Å². The van der Waals surface area contributed by atoms with E-state index >= 15 is 0 Å². The molecule has 1 atom stereocenters. The number of rotatable bonds is 3. The van der Waals surface area contributed by atoms with Crippen molar-refractivity contribution in [2.75, 3.05) is 26.7 Å². The quantitative estimate of drug-likeness (QED) is 0.786. The van der Waals surface area contributed by atoms with Crippen LogP contribution in [0.15, 0.2) is 30.3 Å². The van der Waals surface area contributed by atoms with Crippen molar-refractivity contribution in [3.63, 3.8) is 0 Å². The van der Waals surface area contributed by atoms with Gasteiger partial charge in [-0.25, -0.2) is 9.59 Å². The summed E-state index contributed by atoms with van der Waals surface area (Å²) in [5.41, 5.74) is -0.531. The summed E-state index contributed by atoms with van der Waals surface area (Å²) < 4.78 is 10.9. The fourth-order valence-electron chi connectivity index (χ4n) is 2.67. The Bertz CT molecular complexity index is 612. The highest BCUT2D eigenvalue weighted by Gasteiger charge is 2.45. The van der Waals surface area contributed by atoms with Gasteiger partial charge in [0.25, 0.3) is 0 Å². The van der Waals surface area contributed by atoms with Gasteiger partial charge in [0, 0.05) is 13.1 Å². The highest BCUT2D eigenvalue weighted by molar-refractivity contribution is 5.82. The van der Waals surface area contributed by atoms with Gasteiger partial charge in [-0.1, -0.05) is 30.3 Å². The molecule has 1 unspecified atom stereocenters. The summed E-state index contributed by atoms with van der Waals surface area (Å²) in [6.07, 6.45) is -0.400. The molecular weight excluding hydrogens is 320 g/mol. The van der Waals surface area contributed by atoms with Crippen molar-refractivity contribution in [1.82, 2.24) is 9.80 Å². The molecule has 0 N–H and O–H groups in total. The maximum absolute atomic E-state index is 12.7. The third-order valence-corrected chi connectivity index (χ3v) is 4.35. The average Bonchev–Trinajstić information content (AvgIpc) is 2.54. The van der Waals surface area contributed by atoms with Crippen molar-refractivity contribution in [3.8, 4) is 0 Å². The predicted molar refractivity (Wildman–Crippen MR) is 95.1 cm³/mol. The van der Waals surface area contributed by atoms with Crippen molar-refractivity contribution in [2.45, 2.75) is 45.4 Å². The Hall–Kier alpha value is -2.08. The van der Waals surface area contributed by atoms with Gasteiger partial charge in [0.05, 0.1) is 6.54 Å². The van der Waals surface area contributed by atoms with E-state index in [0.29, 0.717) is 13.1 Å². The van der Waals surface area contributed by atoms with E-state index in [4.69, 9.17) is 9.47 Å². The summed E-state index contributed by atoms with van der Waals surface area (Å²) in [5.74, 6) is -0.341. The van der Waals surface area contributed by atoms with Gasteiger partial charge >= 0.3 is 12.1 Å². The zero-order valence-electron chi connectivity index (χ0n) is 15.7. The van der Waals surface area contributed by atoms with Crippen LogP contribution < -0.4 is 0 Å². The monoisotopic (exact) mass is 348 g/mol. The molecule has 1 heterocycles. The topological polar surface area (TPSA) is 59.1 Å². The van der Waals surface area contributed by atoms with E-state index in [1.54, 1.807) is 11.8 Å². The number of piperazine rings is 1. The van der Waals surface area contributed by atoms with Crippen LogP contribution in [0, 0.1) is 0 Å². The number of esters is 1. The molecule has 6 nitrogen and oxygen atoms in total. The van der Waals surface area contributed by atoms with Gasteiger partial charge in [0.15, 0.2) is 0 Å². The molecule has 0 aliphatic carbocycles. The van der Waals surface area contributed by atoms with Gasteiger partial charge in [-0.05, 0) is 40.3 Å². The number of carbonyl (C=O) groups is 2. The minimum Gasteiger partial charge on any atom is -0.459 e. The van der Waals surface area contributed by atoms with Crippen LogP contribution in [-0.2, 0) is 20.9 Å². The number of carbonyl (C=O) groups excluding carboxylic acids is 2. The lowest BCUT2D eigenvalue weighted by Gasteiger charge is -2.45. The SMILES string of the molecule is CN1CCN(C(=O)OC(C)(C)C)CC1(C)C(=O)OCc1ccccc1. The first-order chi connectivity index (χ1) is 11.6. The fraction of sp³-hybridized carbons (Fsp3) is 0.579. The van der Waals surface area contributed by atoms with Gasteiger partial charge in [0.1, 0.15) is 17.7 Å². The van der Waals surface area contributed by atoms with E-state index in [9.17, 15) is 9.59 Å². The van der Waals surface area contributed by atoms with Gasteiger partial charge in [0.2, 0.25) is 0 Å². The first-order valence-electron chi connectivity index (χ1n) is 8.52. The summed E-state index contributed by atoms with van der Waals surface area (Å²) in [4.78, 5) is 28.6.